The molecule has 0 saturated heterocycles. The number of aryl methyl sites for hydroxylation is 1. The number of hydrogen-bond acceptors (Lipinski definition) is 3. The number of para-hydroxylation sites is 1. The summed E-state index contributed by atoms with van der Waals surface area (Å²) >= 11 is 0. The lowest BCUT2D eigenvalue weighted by Gasteiger charge is -2.19. The molecule has 0 aromatic heterocycles. The van der Waals surface area contributed by atoms with E-state index in [0.29, 0.717) is 37.7 Å². The van der Waals surface area contributed by atoms with Gasteiger partial charge < -0.3 is 14.4 Å². The molecule has 1 amide bonds. The first-order valence-corrected chi connectivity index (χ1v) is 8.78. The average molecular weight is 341 g/mol. The van der Waals surface area contributed by atoms with E-state index in [1.807, 2.05) is 32.2 Å². The van der Waals surface area contributed by atoms with Crippen LogP contribution in [0.1, 0.15) is 35.3 Å². The monoisotopic (exact) mass is 341 g/mol. The molecule has 0 unspecified atom stereocenters. The number of amides is 1. The van der Waals surface area contributed by atoms with Crippen LogP contribution in [0.5, 0.6) is 5.75 Å². The predicted octanol–water partition coefficient (Wildman–Crippen LogP) is 3.94. The zero-order valence-corrected chi connectivity index (χ0v) is 15.3. The molecule has 4 nitrogen and oxygen atoms in total. The Morgan fingerprint density at radius 3 is 2.32 bits per heavy atom. The van der Waals surface area contributed by atoms with Gasteiger partial charge >= 0.3 is 0 Å². The van der Waals surface area contributed by atoms with Crippen LogP contribution in [0, 0.1) is 0 Å². The molecule has 0 bridgehead atoms. The third-order valence-electron chi connectivity index (χ3n) is 4.00. The summed E-state index contributed by atoms with van der Waals surface area (Å²) in [6.45, 7) is 6.24. The number of rotatable bonds is 9. The first-order chi connectivity index (χ1) is 12.2. The van der Waals surface area contributed by atoms with E-state index in [4.69, 9.17) is 9.47 Å². The van der Waals surface area contributed by atoms with Gasteiger partial charge in [-0.3, -0.25) is 4.79 Å². The standard InChI is InChI=1S/C21H27NO3/c1-4-17-10-12-18(13-11-17)16-22(3)21(23)19-8-6-7-9-20(19)25-15-14-24-5-2/h6-13H,4-5,14-16H2,1-3H3. The number of ether oxygens (including phenoxy) is 2. The first-order valence-electron chi connectivity index (χ1n) is 8.78. The summed E-state index contributed by atoms with van der Waals surface area (Å²) in [4.78, 5) is 14.5. The summed E-state index contributed by atoms with van der Waals surface area (Å²) in [5.74, 6) is 0.548. The van der Waals surface area contributed by atoms with E-state index in [1.54, 1.807) is 11.0 Å². The lowest BCUT2D eigenvalue weighted by Crippen LogP contribution is -2.26. The molecule has 0 radical (unpaired) electrons. The molecule has 0 atom stereocenters. The average Bonchev–Trinajstić information content (AvgIpc) is 2.65. The Morgan fingerprint density at radius 2 is 1.64 bits per heavy atom. The van der Waals surface area contributed by atoms with E-state index < -0.39 is 0 Å². The van der Waals surface area contributed by atoms with Crippen molar-refractivity contribution in [2.75, 3.05) is 26.9 Å². The highest BCUT2D eigenvalue weighted by atomic mass is 16.5. The van der Waals surface area contributed by atoms with Gasteiger partial charge in [-0.15, -0.1) is 0 Å². The molecule has 2 aromatic carbocycles. The van der Waals surface area contributed by atoms with Crippen LogP contribution in [0.4, 0.5) is 0 Å². The molecule has 0 aliphatic carbocycles. The first kappa shape index (κ1) is 19.0. The molecule has 4 heteroatoms. The van der Waals surface area contributed by atoms with Crippen molar-refractivity contribution in [3.8, 4) is 5.75 Å². The van der Waals surface area contributed by atoms with Crippen LogP contribution in [0.25, 0.3) is 0 Å². The zero-order chi connectivity index (χ0) is 18.1. The lowest BCUT2D eigenvalue weighted by molar-refractivity contribution is 0.0774. The fraction of sp³-hybridized carbons (Fsp3) is 0.381. The van der Waals surface area contributed by atoms with E-state index >= 15 is 0 Å². The highest BCUT2D eigenvalue weighted by Gasteiger charge is 2.16. The third-order valence-corrected chi connectivity index (χ3v) is 4.00. The van der Waals surface area contributed by atoms with Gasteiger partial charge in [-0.25, -0.2) is 0 Å². The second-order valence-electron chi connectivity index (χ2n) is 5.87. The SMILES string of the molecule is CCOCCOc1ccccc1C(=O)N(C)Cc1ccc(CC)cc1. The third kappa shape index (κ3) is 5.61. The molecule has 0 spiro atoms. The van der Waals surface area contributed by atoms with Crippen molar-refractivity contribution in [2.24, 2.45) is 0 Å². The van der Waals surface area contributed by atoms with Gasteiger partial charge in [0.25, 0.3) is 5.91 Å². The van der Waals surface area contributed by atoms with E-state index in [0.717, 1.165) is 12.0 Å². The van der Waals surface area contributed by atoms with Gasteiger partial charge in [0.05, 0.1) is 12.2 Å². The molecule has 0 heterocycles. The summed E-state index contributed by atoms with van der Waals surface area (Å²) in [7, 11) is 1.81. The quantitative estimate of drug-likeness (QED) is 0.649. The fourth-order valence-electron chi connectivity index (χ4n) is 2.56. The Kier molecular flexibility index (Phi) is 7.48. The fourth-order valence-corrected chi connectivity index (χ4v) is 2.56. The predicted molar refractivity (Wildman–Crippen MR) is 100 cm³/mol. The molecule has 0 N–H and O–H groups in total. The maximum atomic E-state index is 12.8. The van der Waals surface area contributed by atoms with E-state index in [-0.39, 0.29) is 5.91 Å². The van der Waals surface area contributed by atoms with E-state index in [9.17, 15) is 4.79 Å². The molecule has 0 aliphatic rings. The minimum atomic E-state index is -0.0495. The summed E-state index contributed by atoms with van der Waals surface area (Å²) in [6.07, 6.45) is 1.02. The molecule has 2 aromatic rings. The number of benzene rings is 2. The highest BCUT2D eigenvalue weighted by molar-refractivity contribution is 5.96. The Bertz CT molecular complexity index is 667. The summed E-state index contributed by atoms with van der Waals surface area (Å²) in [6, 6.07) is 15.7. The topological polar surface area (TPSA) is 38.8 Å². The second-order valence-corrected chi connectivity index (χ2v) is 5.87. The highest BCUT2D eigenvalue weighted by Crippen LogP contribution is 2.20. The molecular formula is C21H27NO3. The van der Waals surface area contributed by atoms with Gasteiger partial charge in [-0.1, -0.05) is 43.3 Å². The molecule has 0 fully saturated rings. The number of carbonyl (C=O) groups is 1. The Hall–Kier alpha value is -2.33. The van der Waals surface area contributed by atoms with E-state index in [1.165, 1.54) is 5.56 Å². The van der Waals surface area contributed by atoms with Crippen LogP contribution >= 0.6 is 0 Å². The van der Waals surface area contributed by atoms with Crippen LogP contribution in [-0.4, -0.2) is 37.7 Å². The second kappa shape index (κ2) is 9.84. The van der Waals surface area contributed by atoms with Crippen molar-refractivity contribution in [2.45, 2.75) is 26.8 Å². The minimum absolute atomic E-state index is 0.0495. The van der Waals surface area contributed by atoms with Crippen molar-refractivity contribution in [3.63, 3.8) is 0 Å². The smallest absolute Gasteiger partial charge is 0.257 e. The van der Waals surface area contributed by atoms with Gasteiger partial charge in [0.15, 0.2) is 0 Å². The van der Waals surface area contributed by atoms with Crippen molar-refractivity contribution in [3.05, 3.63) is 65.2 Å². The molecule has 25 heavy (non-hydrogen) atoms. The van der Waals surface area contributed by atoms with Crippen LogP contribution in [0.3, 0.4) is 0 Å². The van der Waals surface area contributed by atoms with Crippen molar-refractivity contribution >= 4 is 5.91 Å². The molecule has 2 rings (SSSR count). The van der Waals surface area contributed by atoms with Crippen molar-refractivity contribution in [1.29, 1.82) is 0 Å². The van der Waals surface area contributed by atoms with Gasteiger partial charge in [0.1, 0.15) is 12.4 Å². The zero-order valence-electron chi connectivity index (χ0n) is 15.3. The Balaban J connectivity index is 2.02. The molecular weight excluding hydrogens is 314 g/mol. The molecule has 134 valence electrons. The van der Waals surface area contributed by atoms with Crippen LogP contribution in [0.2, 0.25) is 0 Å². The summed E-state index contributed by atoms with van der Waals surface area (Å²) in [5.41, 5.74) is 2.99. The number of hydrogen-bond donors (Lipinski definition) is 0. The maximum absolute atomic E-state index is 12.8. The molecule has 0 saturated carbocycles. The minimum Gasteiger partial charge on any atom is -0.490 e. The maximum Gasteiger partial charge on any atom is 0.257 e. The van der Waals surface area contributed by atoms with Gasteiger partial charge in [-0.2, -0.15) is 0 Å². The van der Waals surface area contributed by atoms with Crippen molar-refractivity contribution in [1.82, 2.24) is 4.90 Å². The van der Waals surface area contributed by atoms with Crippen molar-refractivity contribution < 1.29 is 14.3 Å². The van der Waals surface area contributed by atoms with E-state index in [2.05, 4.69) is 31.2 Å². The summed E-state index contributed by atoms with van der Waals surface area (Å²) in [5, 5.41) is 0. The van der Waals surface area contributed by atoms with Crippen LogP contribution in [-0.2, 0) is 17.7 Å². The number of nitrogens with zero attached hydrogens (tertiary/aromatic N) is 1. The van der Waals surface area contributed by atoms with Crippen LogP contribution < -0.4 is 4.74 Å². The normalized spacial score (nSPS) is 10.5. The number of carbonyl (C=O) groups excluding carboxylic acids is 1. The largest absolute Gasteiger partial charge is 0.490 e. The van der Waals surface area contributed by atoms with Gasteiger partial charge in [0.2, 0.25) is 0 Å². The van der Waals surface area contributed by atoms with Crippen LogP contribution in [0.15, 0.2) is 48.5 Å². The van der Waals surface area contributed by atoms with Gasteiger partial charge in [0, 0.05) is 20.2 Å². The Labute approximate surface area is 150 Å². The summed E-state index contributed by atoms with van der Waals surface area (Å²) < 4.78 is 11.0. The molecule has 0 aliphatic heterocycles. The van der Waals surface area contributed by atoms with Gasteiger partial charge in [-0.05, 0) is 36.6 Å². The lowest BCUT2D eigenvalue weighted by atomic mass is 10.1. The Morgan fingerprint density at radius 1 is 0.960 bits per heavy atom.